The summed E-state index contributed by atoms with van der Waals surface area (Å²) in [5.41, 5.74) is 0. The van der Waals surface area contributed by atoms with E-state index in [0.717, 1.165) is 5.76 Å². The predicted molar refractivity (Wildman–Crippen MR) is 72.0 cm³/mol. The van der Waals surface area contributed by atoms with Crippen LogP contribution in [0.5, 0.6) is 0 Å². The molecule has 7 heteroatoms. The highest BCUT2D eigenvalue weighted by atomic mass is 32.2. The van der Waals surface area contributed by atoms with Crippen LogP contribution in [0, 0.1) is 0 Å². The molecule has 2 heterocycles. The van der Waals surface area contributed by atoms with Crippen molar-refractivity contribution in [3.8, 4) is 0 Å². The van der Waals surface area contributed by atoms with Gasteiger partial charge in [0.1, 0.15) is 5.76 Å². The second kappa shape index (κ2) is 5.72. The molecule has 6 nitrogen and oxygen atoms in total. The molecule has 1 N–H and O–H groups in total. The lowest BCUT2D eigenvalue weighted by Gasteiger charge is -2.11. The van der Waals surface area contributed by atoms with Gasteiger partial charge < -0.3 is 14.6 Å². The summed E-state index contributed by atoms with van der Waals surface area (Å²) in [4.78, 5) is 14.8. The maximum Gasteiger partial charge on any atom is 0.230 e. The Morgan fingerprint density at radius 1 is 1.33 bits per heavy atom. The average Bonchev–Trinajstić information content (AvgIpc) is 2.89. The number of anilines is 2. The van der Waals surface area contributed by atoms with Gasteiger partial charge in [-0.15, -0.1) is 0 Å². The van der Waals surface area contributed by atoms with Gasteiger partial charge in [0.15, 0.2) is 5.16 Å². The number of hydrogen-bond donors (Lipinski definition) is 1. The van der Waals surface area contributed by atoms with Crippen LogP contribution in [-0.2, 0) is 5.75 Å². The predicted octanol–water partition coefficient (Wildman–Crippen LogP) is 1.86. The molecule has 0 spiro atoms. The molecule has 0 aliphatic carbocycles. The molecule has 0 saturated heterocycles. The van der Waals surface area contributed by atoms with Crippen molar-refractivity contribution in [3.63, 3.8) is 0 Å². The molecule has 0 amide bonds. The lowest BCUT2D eigenvalue weighted by Crippen LogP contribution is -2.15. The van der Waals surface area contributed by atoms with Crippen LogP contribution in [0.3, 0.4) is 0 Å². The van der Waals surface area contributed by atoms with Crippen molar-refractivity contribution < 1.29 is 4.42 Å². The Morgan fingerprint density at radius 3 is 2.78 bits per heavy atom. The number of furan rings is 1. The number of aromatic nitrogens is 3. The summed E-state index contributed by atoms with van der Waals surface area (Å²) in [5, 5.41) is 3.61. The van der Waals surface area contributed by atoms with E-state index in [-0.39, 0.29) is 0 Å². The number of rotatable bonds is 5. The Bertz CT molecular complexity index is 500. The van der Waals surface area contributed by atoms with Crippen LogP contribution in [0.1, 0.15) is 5.76 Å². The van der Waals surface area contributed by atoms with Crippen LogP contribution in [-0.4, -0.2) is 36.1 Å². The molecule has 0 saturated carbocycles. The Balaban J connectivity index is 2.13. The molecule has 2 aromatic rings. The summed E-state index contributed by atoms with van der Waals surface area (Å²) in [6.45, 7) is 0. The lowest BCUT2D eigenvalue weighted by molar-refractivity contribution is 0.530. The first-order chi connectivity index (χ1) is 8.69. The van der Waals surface area contributed by atoms with Crippen LogP contribution in [0.2, 0.25) is 0 Å². The Labute approximate surface area is 110 Å². The van der Waals surface area contributed by atoms with Crippen molar-refractivity contribution in [1.82, 2.24) is 15.0 Å². The molecular weight excluding hydrogens is 250 g/mol. The van der Waals surface area contributed by atoms with Gasteiger partial charge >= 0.3 is 0 Å². The van der Waals surface area contributed by atoms with Crippen molar-refractivity contribution in [2.24, 2.45) is 0 Å². The quantitative estimate of drug-likeness (QED) is 0.828. The number of nitrogens with zero attached hydrogens (tertiary/aromatic N) is 4. The number of hydrogen-bond acceptors (Lipinski definition) is 7. The topological polar surface area (TPSA) is 67.1 Å². The summed E-state index contributed by atoms with van der Waals surface area (Å²) in [6, 6.07) is 3.80. The molecule has 18 heavy (non-hydrogen) atoms. The van der Waals surface area contributed by atoms with Crippen molar-refractivity contribution in [2.45, 2.75) is 10.9 Å². The first kappa shape index (κ1) is 12.7. The van der Waals surface area contributed by atoms with Crippen LogP contribution in [0.15, 0.2) is 28.0 Å². The van der Waals surface area contributed by atoms with E-state index in [1.807, 2.05) is 31.1 Å². The standard InChI is InChI=1S/C11H15N5OS/c1-12-9-13-10(16(2)3)15-11(14-9)18-7-8-5-4-6-17-8/h4-6H,7H2,1-3H3,(H,12,13,14,15). The first-order valence-electron chi connectivity index (χ1n) is 5.45. The molecule has 96 valence electrons. The van der Waals surface area contributed by atoms with Crippen LogP contribution in [0.4, 0.5) is 11.9 Å². The summed E-state index contributed by atoms with van der Waals surface area (Å²) >= 11 is 1.52. The van der Waals surface area contributed by atoms with Gasteiger partial charge in [-0.25, -0.2) is 0 Å². The van der Waals surface area contributed by atoms with Crippen LogP contribution < -0.4 is 10.2 Å². The minimum Gasteiger partial charge on any atom is -0.468 e. The van der Waals surface area contributed by atoms with Crippen LogP contribution >= 0.6 is 11.8 Å². The summed E-state index contributed by atoms with van der Waals surface area (Å²) in [5.74, 6) is 2.80. The fourth-order valence-electron chi connectivity index (χ4n) is 1.25. The maximum atomic E-state index is 5.27. The van der Waals surface area contributed by atoms with E-state index in [4.69, 9.17) is 4.42 Å². The highest BCUT2D eigenvalue weighted by Gasteiger charge is 2.08. The lowest BCUT2D eigenvalue weighted by atomic mass is 10.5. The molecule has 2 aromatic heterocycles. The molecule has 0 aliphatic heterocycles. The van der Waals surface area contributed by atoms with Gasteiger partial charge in [0, 0.05) is 21.1 Å². The first-order valence-corrected chi connectivity index (χ1v) is 6.44. The van der Waals surface area contributed by atoms with Crippen molar-refractivity contribution in [1.29, 1.82) is 0 Å². The minimum atomic E-state index is 0.565. The minimum absolute atomic E-state index is 0.565. The van der Waals surface area contributed by atoms with E-state index in [1.165, 1.54) is 11.8 Å². The SMILES string of the molecule is CNc1nc(SCc2ccco2)nc(N(C)C)n1. The fourth-order valence-corrected chi connectivity index (χ4v) is 1.99. The van der Waals surface area contributed by atoms with Crippen molar-refractivity contribution >= 4 is 23.7 Å². The van der Waals surface area contributed by atoms with Gasteiger partial charge in [0.25, 0.3) is 0 Å². The monoisotopic (exact) mass is 265 g/mol. The average molecular weight is 265 g/mol. The molecular formula is C11H15N5OS. The number of thioether (sulfide) groups is 1. The zero-order valence-electron chi connectivity index (χ0n) is 10.5. The van der Waals surface area contributed by atoms with E-state index in [1.54, 1.807) is 13.3 Å². The second-order valence-electron chi connectivity index (χ2n) is 3.75. The van der Waals surface area contributed by atoms with Gasteiger partial charge in [0.2, 0.25) is 11.9 Å². The Hall–Kier alpha value is -1.76. The zero-order chi connectivity index (χ0) is 13.0. The van der Waals surface area contributed by atoms with E-state index in [0.29, 0.717) is 22.8 Å². The second-order valence-corrected chi connectivity index (χ2v) is 4.70. The zero-order valence-corrected chi connectivity index (χ0v) is 11.4. The van der Waals surface area contributed by atoms with Gasteiger partial charge in [0.05, 0.1) is 12.0 Å². The maximum absolute atomic E-state index is 5.27. The molecule has 2 rings (SSSR count). The van der Waals surface area contributed by atoms with Gasteiger partial charge in [-0.3, -0.25) is 0 Å². The normalized spacial score (nSPS) is 10.4. The Morgan fingerprint density at radius 2 is 2.17 bits per heavy atom. The van der Waals surface area contributed by atoms with Gasteiger partial charge in [-0.05, 0) is 12.1 Å². The van der Waals surface area contributed by atoms with Crippen molar-refractivity contribution in [2.75, 3.05) is 31.4 Å². The highest BCUT2D eigenvalue weighted by molar-refractivity contribution is 7.98. The molecule has 0 bridgehead atoms. The molecule has 0 atom stereocenters. The summed E-state index contributed by atoms with van der Waals surface area (Å²) in [7, 11) is 5.58. The molecule has 0 aliphatic rings. The third-order valence-electron chi connectivity index (χ3n) is 2.15. The summed E-state index contributed by atoms with van der Waals surface area (Å²) in [6.07, 6.45) is 1.66. The van der Waals surface area contributed by atoms with Gasteiger partial charge in [-0.1, -0.05) is 11.8 Å². The van der Waals surface area contributed by atoms with E-state index in [9.17, 15) is 0 Å². The van der Waals surface area contributed by atoms with E-state index in [2.05, 4.69) is 20.3 Å². The molecule has 0 aromatic carbocycles. The largest absolute Gasteiger partial charge is 0.468 e. The third-order valence-corrected chi connectivity index (χ3v) is 3.02. The van der Waals surface area contributed by atoms with Crippen molar-refractivity contribution in [3.05, 3.63) is 24.2 Å². The summed E-state index contributed by atoms with van der Waals surface area (Å²) < 4.78 is 5.27. The van der Waals surface area contributed by atoms with E-state index >= 15 is 0 Å². The van der Waals surface area contributed by atoms with Gasteiger partial charge in [-0.2, -0.15) is 15.0 Å². The Kier molecular flexibility index (Phi) is 4.03. The number of nitrogens with one attached hydrogen (secondary N) is 1. The molecule has 0 fully saturated rings. The molecule has 0 radical (unpaired) electrons. The molecule has 0 unspecified atom stereocenters. The van der Waals surface area contributed by atoms with E-state index < -0.39 is 0 Å². The van der Waals surface area contributed by atoms with Crippen LogP contribution in [0.25, 0.3) is 0 Å². The fraction of sp³-hybridized carbons (Fsp3) is 0.364. The third kappa shape index (κ3) is 3.13. The highest BCUT2D eigenvalue weighted by Crippen LogP contribution is 2.21. The smallest absolute Gasteiger partial charge is 0.230 e.